The van der Waals surface area contributed by atoms with Gasteiger partial charge in [-0.05, 0) is 18.6 Å². The number of carbonyl (C=O) groups is 1. The summed E-state index contributed by atoms with van der Waals surface area (Å²) in [5.74, 6) is 2.26. The average Bonchev–Trinajstić information content (AvgIpc) is 3.19. The number of fused-ring (bicyclic) bond motifs is 2. The number of para-hydroxylation sites is 1. The second kappa shape index (κ2) is 6.27. The molecule has 0 spiro atoms. The fraction of sp³-hybridized carbons (Fsp3) is 0.471. The lowest BCUT2D eigenvalue weighted by molar-refractivity contribution is -0.122. The summed E-state index contributed by atoms with van der Waals surface area (Å²) in [5.41, 5.74) is 1.66. The van der Waals surface area contributed by atoms with E-state index in [-0.39, 0.29) is 18.5 Å². The van der Waals surface area contributed by atoms with E-state index in [1.54, 1.807) is 4.68 Å². The van der Waals surface area contributed by atoms with Crippen molar-refractivity contribution in [2.45, 2.75) is 51.7 Å². The predicted octanol–water partition coefficient (Wildman–Crippen LogP) is 1.28. The maximum Gasteiger partial charge on any atom is 0.242 e. The summed E-state index contributed by atoms with van der Waals surface area (Å²) >= 11 is 0. The summed E-state index contributed by atoms with van der Waals surface area (Å²) in [6.45, 7) is 5.10. The minimum absolute atomic E-state index is 0.0525. The number of rotatable bonds is 4. The number of aromatic nitrogens is 6. The van der Waals surface area contributed by atoms with Gasteiger partial charge < -0.3 is 9.88 Å². The molecule has 1 atom stereocenters. The van der Waals surface area contributed by atoms with Gasteiger partial charge in [0.05, 0.1) is 5.52 Å². The minimum Gasteiger partial charge on any atom is -0.350 e. The van der Waals surface area contributed by atoms with E-state index >= 15 is 0 Å². The minimum atomic E-state index is -0.0525. The van der Waals surface area contributed by atoms with Crippen LogP contribution in [0.2, 0.25) is 0 Å². The van der Waals surface area contributed by atoms with Gasteiger partial charge in [-0.25, -0.2) is 4.68 Å². The van der Waals surface area contributed by atoms with Crippen LogP contribution < -0.4 is 5.32 Å². The van der Waals surface area contributed by atoms with Crippen LogP contribution in [0.3, 0.4) is 0 Å². The predicted molar refractivity (Wildman–Crippen MR) is 91.9 cm³/mol. The monoisotopic (exact) mass is 339 g/mol. The topological polar surface area (TPSA) is 90.5 Å². The molecule has 0 saturated carbocycles. The summed E-state index contributed by atoms with van der Waals surface area (Å²) < 4.78 is 3.78. The molecule has 3 aromatic rings. The van der Waals surface area contributed by atoms with Gasteiger partial charge in [-0.2, -0.15) is 0 Å². The van der Waals surface area contributed by atoms with Gasteiger partial charge in [-0.1, -0.05) is 31.2 Å². The molecule has 0 unspecified atom stereocenters. The molecule has 1 aliphatic rings. The molecular formula is C17H21N7O. The molecular weight excluding hydrogens is 318 g/mol. The van der Waals surface area contributed by atoms with Gasteiger partial charge in [-0.15, -0.1) is 15.3 Å². The molecule has 2 aromatic heterocycles. The second-order valence-electron chi connectivity index (χ2n) is 6.78. The Balaban J connectivity index is 1.44. The molecule has 1 aromatic carbocycles. The number of hydrogen-bond donors (Lipinski definition) is 1. The first-order chi connectivity index (χ1) is 12.1. The van der Waals surface area contributed by atoms with Crippen molar-refractivity contribution in [2.75, 3.05) is 0 Å². The number of aryl methyl sites for hydroxylation is 1. The van der Waals surface area contributed by atoms with Gasteiger partial charge in [0.1, 0.15) is 23.7 Å². The molecule has 4 rings (SSSR count). The zero-order chi connectivity index (χ0) is 17.4. The lowest BCUT2D eigenvalue weighted by Crippen LogP contribution is -2.42. The first-order valence-corrected chi connectivity index (χ1v) is 8.61. The number of nitrogens with zero attached hydrogens (tertiary/aromatic N) is 6. The number of carbonyl (C=O) groups excluding carboxylic acids is 1. The third kappa shape index (κ3) is 2.99. The van der Waals surface area contributed by atoms with Crippen molar-refractivity contribution in [2.24, 2.45) is 0 Å². The summed E-state index contributed by atoms with van der Waals surface area (Å²) in [4.78, 5) is 12.5. The first kappa shape index (κ1) is 15.7. The van der Waals surface area contributed by atoms with E-state index in [0.29, 0.717) is 5.92 Å². The van der Waals surface area contributed by atoms with E-state index in [1.807, 2.05) is 24.3 Å². The lowest BCUT2D eigenvalue weighted by atomic mass is 10.1. The fourth-order valence-corrected chi connectivity index (χ4v) is 3.34. The molecule has 0 fully saturated rings. The number of amides is 1. The zero-order valence-corrected chi connectivity index (χ0v) is 14.4. The van der Waals surface area contributed by atoms with Crippen molar-refractivity contribution < 1.29 is 4.79 Å². The Morgan fingerprint density at radius 3 is 2.96 bits per heavy atom. The summed E-state index contributed by atoms with van der Waals surface area (Å²) in [7, 11) is 0. The maximum atomic E-state index is 12.5. The third-order valence-electron chi connectivity index (χ3n) is 4.57. The number of benzene rings is 1. The van der Waals surface area contributed by atoms with Gasteiger partial charge in [0, 0.05) is 24.9 Å². The van der Waals surface area contributed by atoms with Crippen molar-refractivity contribution in [1.82, 2.24) is 35.1 Å². The Labute approximate surface area is 145 Å². The zero-order valence-electron chi connectivity index (χ0n) is 14.4. The highest BCUT2D eigenvalue weighted by atomic mass is 16.2. The SMILES string of the molecule is CC(C)c1nnc2n1C[C@@H](NC(=O)Cn1nnc3ccccc31)CC2. The Morgan fingerprint density at radius 1 is 1.28 bits per heavy atom. The maximum absolute atomic E-state index is 12.5. The fourth-order valence-electron chi connectivity index (χ4n) is 3.34. The van der Waals surface area contributed by atoms with Gasteiger partial charge >= 0.3 is 0 Å². The van der Waals surface area contributed by atoms with E-state index in [1.165, 1.54) is 0 Å². The van der Waals surface area contributed by atoms with Crippen LogP contribution in [0.5, 0.6) is 0 Å². The van der Waals surface area contributed by atoms with Crippen LogP contribution in [0.25, 0.3) is 11.0 Å². The largest absolute Gasteiger partial charge is 0.350 e. The molecule has 25 heavy (non-hydrogen) atoms. The van der Waals surface area contributed by atoms with E-state index in [0.717, 1.165) is 42.1 Å². The molecule has 3 heterocycles. The van der Waals surface area contributed by atoms with Crippen molar-refractivity contribution in [3.05, 3.63) is 35.9 Å². The highest BCUT2D eigenvalue weighted by molar-refractivity contribution is 5.79. The Kier molecular flexibility index (Phi) is 3.95. The van der Waals surface area contributed by atoms with Crippen molar-refractivity contribution in [3.63, 3.8) is 0 Å². The van der Waals surface area contributed by atoms with Gasteiger partial charge in [0.15, 0.2) is 0 Å². The Hall–Kier alpha value is -2.77. The van der Waals surface area contributed by atoms with Crippen LogP contribution in [-0.4, -0.2) is 41.7 Å². The van der Waals surface area contributed by atoms with Crippen LogP contribution >= 0.6 is 0 Å². The molecule has 130 valence electrons. The average molecular weight is 339 g/mol. The van der Waals surface area contributed by atoms with E-state index in [2.05, 4.69) is 44.2 Å². The van der Waals surface area contributed by atoms with Crippen molar-refractivity contribution in [1.29, 1.82) is 0 Å². The summed E-state index contributed by atoms with van der Waals surface area (Å²) in [6.07, 6.45) is 1.71. The quantitative estimate of drug-likeness (QED) is 0.773. The third-order valence-corrected chi connectivity index (χ3v) is 4.57. The number of nitrogens with one attached hydrogen (secondary N) is 1. The van der Waals surface area contributed by atoms with Crippen LogP contribution in [0.1, 0.15) is 37.8 Å². The number of hydrogen-bond acceptors (Lipinski definition) is 5. The smallest absolute Gasteiger partial charge is 0.242 e. The molecule has 0 saturated heterocycles. The molecule has 8 heteroatoms. The molecule has 8 nitrogen and oxygen atoms in total. The van der Waals surface area contributed by atoms with Crippen LogP contribution in [-0.2, 0) is 24.3 Å². The van der Waals surface area contributed by atoms with E-state index in [9.17, 15) is 4.79 Å². The normalized spacial score (nSPS) is 17.0. The molecule has 0 aliphatic carbocycles. The standard InChI is InChI=1S/C17H21N7O/c1-11(2)17-21-20-15-8-7-12(9-23(15)17)18-16(25)10-24-14-6-4-3-5-13(14)19-22-24/h3-6,11-12H,7-10H2,1-2H3,(H,18,25)/t12-/m0/s1. The highest BCUT2D eigenvalue weighted by Crippen LogP contribution is 2.20. The Morgan fingerprint density at radius 2 is 2.12 bits per heavy atom. The molecule has 1 aliphatic heterocycles. The highest BCUT2D eigenvalue weighted by Gasteiger charge is 2.25. The van der Waals surface area contributed by atoms with Crippen LogP contribution in [0.15, 0.2) is 24.3 Å². The summed E-state index contributed by atoms with van der Waals surface area (Å²) in [5, 5.41) is 19.8. The molecule has 1 amide bonds. The van der Waals surface area contributed by atoms with Gasteiger partial charge in [-0.3, -0.25) is 4.79 Å². The van der Waals surface area contributed by atoms with Gasteiger partial charge in [0.2, 0.25) is 5.91 Å². The molecule has 0 bridgehead atoms. The molecule has 1 N–H and O–H groups in total. The van der Waals surface area contributed by atoms with Crippen LogP contribution in [0, 0.1) is 0 Å². The first-order valence-electron chi connectivity index (χ1n) is 8.61. The second-order valence-corrected chi connectivity index (χ2v) is 6.78. The Bertz CT molecular complexity index is 911. The van der Waals surface area contributed by atoms with Crippen molar-refractivity contribution >= 4 is 16.9 Å². The van der Waals surface area contributed by atoms with E-state index in [4.69, 9.17) is 0 Å². The van der Waals surface area contributed by atoms with Crippen molar-refractivity contribution in [3.8, 4) is 0 Å². The molecule has 0 radical (unpaired) electrons. The van der Waals surface area contributed by atoms with E-state index < -0.39 is 0 Å². The summed E-state index contributed by atoms with van der Waals surface area (Å²) in [6, 6.07) is 7.72. The van der Waals surface area contributed by atoms with Crippen LogP contribution in [0.4, 0.5) is 0 Å². The lowest BCUT2D eigenvalue weighted by Gasteiger charge is -2.25. The van der Waals surface area contributed by atoms with Gasteiger partial charge in [0.25, 0.3) is 0 Å².